The third-order valence-corrected chi connectivity index (χ3v) is 4.07. The number of nitrogens with zero attached hydrogens (tertiary/aromatic N) is 1. The van der Waals surface area contributed by atoms with Crippen LogP contribution >= 0.6 is 11.6 Å². The number of alkyl halides is 3. The summed E-state index contributed by atoms with van der Waals surface area (Å²) in [6, 6.07) is 12.3. The van der Waals surface area contributed by atoms with Gasteiger partial charge in [-0.15, -0.1) is 0 Å². The molecule has 3 rings (SSSR count). The Morgan fingerprint density at radius 2 is 1.88 bits per heavy atom. The van der Waals surface area contributed by atoms with Gasteiger partial charge in [0.25, 0.3) is 0 Å². The van der Waals surface area contributed by atoms with Crippen molar-refractivity contribution in [3.05, 3.63) is 76.8 Å². The van der Waals surface area contributed by atoms with Gasteiger partial charge in [-0.3, -0.25) is 9.69 Å². The average Bonchev–Trinajstić information content (AvgIpc) is 2.72. The van der Waals surface area contributed by atoms with Gasteiger partial charge in [-0.1, -0.05) is 54.1 Å². The molecule has 0 bridgehead atoms. The highest BCUT2D eigenvalue weighted by Crippen LogP contribution is 2.37. The van der Waals surface area contributed by atoms with Crippen molar-refractivity contribution in [2.45, 2.75) is 18.6 Å². The standard InChI is InChI=1S/C18H13ClF3NO/c19-14-8-3-7-13(11-14)16-10-4-6-12-5-1-2-9-15(12)23(16)17(24)18(20,21)22/h1-5,7-11,16H,6H2/t16-/m0/s1. The summed E-state index contributed by atoms with van der Waals surface area (Å²) < 4.78 is 39.6. The first-order valence-electron chi connectivity index (χ1n) is 7.28. The lowest BCUT2D eigenvalue weighted by Gasteiger charge is -2.31. The summed E-state index contributed by atoms with van der Waals surface area (Å²) in [6.07, 6.45) is -1.14. The Hall–Kier alpha value is -2.27. The number of benzene rings is 2. The van der Waals surface area contributed by atoms with Crippen molar-refractivity contribution in [3.8, 4) is 0 Å². The first-order chi connectivity index (χ1) is 11.4. The molecule has 0 saturated carbocycles. The maximum Gasteiger partial charge on any atom is 0.471 e. The Bertz CT molecular complexity index is 801. The topological polar surface area (TPSA) is 20.3 Å². The second-order valence-electron chi connectivity index (χ2n) is 5.43. The quantitative estimate of drug-likeness (QED) is 0.655. The molecule has 0 aromatic heterocycles. The fraction of sp³-hybridized carbons (Fsp3) is 0.167. The smallest absolute Gasteiger partial charge is 0.293 e. The highest BCUT2D eigenvalue weighted by Gasteiger charge is 2.46. The van der Waals surface area contributed by atoms with Crippen LogP contribution in [-0.4, -0.2) is 12.1 Å². The van der Waals surface area contributed by atoms with Crippen LogP contribution in [0.25, 0.3) is 0 Å². The van der Waals surface area contributed by atoms with E-state index >= 15 is 0 Å². The normalized spacial score (nSPS) is 17.3. The lowest BCUT2D eigenvalue weighted by molar-refractivity contribution is -0.170. The number of amides is 1. The zero-order valence-corrected chi connectivity index (χ0v) is 13.2. The number of anilines is 1. The Kier molecular flexibility index (Phi) is 4.37. The van der Waals surface area contributed by atoms with Crippen LogP contribution in [0, 0.1) is 0 Å². The first-order valence-corrected chi connectivity index (χ1v) is 7.66. The number of halogens is 4. The molecule has 1 heterocycles. The summed E-state index contributed by atoms with van der Waals surface area (Å²) >= 11 is 5.97. The second-order valence-corrected chi connectivity index (χ2v) is 5.87. The van der Waals surface area contributed by atoms with E-state index in [4.69, 9.17) is 11.6 Å². The summed E-state index contributed by atoms with van der Waals surface area (Å²) in [4.78, 5) is 12.9. The number of fused-ring (bicyclic) bond motifs is 1. The Labute approximate surface area is 142 Å². The summed E-state index contributed by atoms with van der Waals surface area (Å²) in [5.74, 6) is -1.90. The van der Waals surface area contributed by atoms with Crippen LogP contribution in [0.1, 0.15) is 17.2 Å². The van der Waals surface area contributed by atoms with Crippen molar-refractivity contribution >= 4 is 23.2 Å². The first kappa shape index (κ1) is 16.6. The molecule has 1 amide bonds. The van der Waals surface area contributed by atoms with Gasteiger partial charge in [-0.2, -0.15) is 13.2 Å². The van der Waals surface area contributed by atoms with E-state index in [-0.39, 0.29) is 5.69 Å². The minimum Gasteiger partial charge on any atom is -0.293 e. The van der Waals surface area contributed by atoms with Crippen LogP contribution in [-0.2, 0) is 11.2 Å². The SMILES string of the molecule is O=C(N1c2ccccc2CC=C[C@H]1c1cccc(Cl)c1)C(F)(F)F. The van der Waals surface area contributed by atoms with Gasteiger partial charge >= 0.3 is 12.1 Å². The molecule has 1 atom stereocenters. The van der Waals surface area contributed by atoms with Crippen LogP contribution in [0.4, 0.5) is 18.9 Å². The van der Waals surface area contributed by atoms with Crippen LogP contribution in [0.15, 0.2) is 60.7 Å². The highest BCUT2D eigenvalue weighted by molar-refractivity contribution is 6.30. The number of allylic oxidation sites excluding steroid dienone is 1. The minimum absolute atomic E-state index is 0.259. The molecule has 6 heteroatoms. The number of hydrogen-bond donors (Lipinski definition) is 0. The largest absolute Gasteiger partial charge is 0.471 e. The van der Waals surface area contributed by atoms with Crippen molar-refractivity contribution in [2.24, 2.45) is 0 Å². The number of rotatable bonds is 1. The van der Waals surface area contributed by atoms with E-state index in [2.05, 4.69) is 0 Å². The second kappa shape index (κ2) is 6.32. The Morgan fingerprint density at radius 3 is 2.58 bits per heavy atom. The highest BCUT2D eigenvalue weighted by atomic mass is 35.5. The average molecular weight is 352 g/mol. The molecule has 0 radical (unpaired) electrons. The zero-order chi connectivity index (χ0) is 17.3. The van der Waals surface area contributed by atoms with E-state index in [0.29, 0.717) is 22.6 Å². The van der Waals surface area contributed by atoms with Crippen LogP contribution in [0.5, 0.6) is 0 Å². The fourth-order valence-corrected chi connectivity index (χ4v) is 3.00. The van der Waals surface area contributed by atoms with Gasteiger partial charge in [0.1, 0.15) is 0 Å². The van der Waals surface area contributed by atoms with E-state index < -0.39 is 18.1 Å². The molecule has 2 aromatic rings. The number of hydrogen-bond acceptors (Lipinski definition) is 1. The summed E-state index contributed by atoms with van der Waals surface area (Å²) in [7, 11) is 0. The molecule has 0 saturated heterocycles. The molecule has 0 spiro atoms. The molecule has 1 aliphatic rings. The third-order valence-electron chi connectivity index (χ3n) is 3.84. The molecule has 124 valence electrons. The molecular formula is C18H13ClF3NO. The summed E-state index contributed by atoms with van der Waals surface area (Å²) in [6.45, 7) is 0. The molecule has 2 nitrogen and oxygen atoms in total. The molecule has 0 unspecified atom stereocenters. The van der Waals surface area contributed by atoms with E-state index in [1.807, 2.05) is 0 Å². The maximum absolute atomic E-state index is 13.2. The minimum atomic E-state index is -4.97. The molecular weight excluding hydrogens is 339 g/mol. The predicted molar refractivity (Wildman–Crippen MR) is 87.0 cm³/mol. The number of para-hydroxylation sites is 1. The molecule has 0 fully saturated rings. The van der Waals surface area contributed by atoms with Gasteiger partial charge < -0.3 is 0 Å². The van der Waals surface area contributed by atoms with Crippen molar-refractivity contribution < 1.29 is 18.0 Å². The van der Waals surface area contributed by atoms with E-state index in [0.717, 1.165) is 4.90 Å². The van der Waals surface area contributed by atoms with Crippen molar-refractivity contribution in [1.82, 2.24) is 0 Å². The molecule has 0 N–H and O–H groups in total. The van der Waals surface area contributed by atoms with Gasteiger partial charge in [0, 0.05) is 10.7 Å². The third kappa shape index (κ3) is 3.17. The van der Waals surface area contributed by atoms with Crippen molar-refractivity contribution in [1.29, 1.82) is 0 Å². The van der Waals surface area contributed by atoms with Crippen LogP contribution < -0.4 is 4.90 Å². The predicted octanol–water partition coefficient (Wildman–Crippen LogP) is 5.09. The van der Waals surface area contributed by atoms with Crippen LogP contribution in [0.2, 0.25) is 5.02 Å². The monoisotopic (exact) mass is 351 g/mol. The van der Waals surface area contributed by atoms with E-state index in [1.165, 1.54) is 6.07 Å². The van der Waals surface area contributed by atoms with E-state index in [1.54, 1.807) is 54.6 Å². The maximum atomic E-state index is 13.2. The van der Waals surface area contributed by atoms with Crippen LogP contribution in [0.3, 0.4) is 0 Å². The summed E-state index contributed by atoms with van der Waals surface area (Å²) in [5, 5.41) is 0.401. The lowest BCUT2D eigenvalue weighted by atomic mass is 10.0. The molecule has 2 aromatic carbocycles. The molecule has 1 aliphatic heterocycles. The number of carbonyl (C=O) groups excluding carboxylic acids is 1. The zero-order valence-electron chi connectivity index (χ0n) is 12.4. The fourth-order valence-electron chi connectivity index (χ4n) is 2.80. The van der Waals surface area contributed by atoms with Gasteiger partial charge in [-0.25, -0.2) is 0 Å². The molecule has 0 aliphatic carbocycles. The van der Waals surface area contributed by atoms with Gasteiger partial charge in [-0.05, 0) is 35.7 Å². The Morgan fingerprint density at radius 1 is 1.12 bits per heavy atom. The number of carbonyl (C=O) groups is 1. The van der Waals surface area contributed by atoms with Gasteiger partial charge in [0.15, 0.2) is 0 Å². The van der Waals surface area contributed by atoms with Gasteiger partial charge in [0.2, 0.25) is 0 Å². The molecule has 24 heavy (non-hydrogen) atoms. The Balaban J connectivity index is 2.17. The lowest BCUT2D eigenvalue weighted by Crippen LogP contribution is -2.43. The van der Waals surface area contributed by atoms with Gasteiger partial charge in [0.05, 0.1) is 6.04 Å². The van der Waals surface area contributed by atoms with Crippen molar-refractivity contribution in [2.75, 3.05) is 4.90 Å². The van der Waals surface area contributed by atoms with E-state index in [9.17, 15) is 18.0 Å². The van der Waals surface area contributed by atoms with Crippen molar-refractivity contribution in [3.63, 3.8) is 0 Å². The summed E-state index contributed by atoms with van der Waals surface area (Å²) in [5.41, 5.74) is 1.44.